The van der Waals surface area contributed by atoms with E-state index in [1.807, 2.05) is 4.90 Å². The third kappa shape index (κ3) is 2.79. The molecule has 0 bridgehead atoms. The first-order valence-electron chi connectivity index (χ1n) is 6.17. The van der Waals surface area contributed by atoms with Gasteiger partial charge in [0.2, 0.25) is 5.91 Å². The number of carboxylic acid groups (broad SMARTS) is 1. The molecule has 0 spiro atoms. The lowest BCUT2D eigenvalue weighted by Gasteiger charge is -2.36. The zero-order valence-electron chi connectivity index (χ0n) is 10.2. The Morgan fingerprint density at radius 1 is 1.61 bits per heavy atom. The summed E-state index contributed by atoms with van der Waals surface area (Å²) in [6.07, 6.45) is 2.32. The molecule has 1 aliphatic carbocycles. The highest BCUT2D eigenvalue weighted by molar-refractivity contribution is 5.86. The molecule has 6 heteroatoms. The first-order chi connectivity index (χ1) is 8.56. The predicted molar refractivity (Wildman–Crippen MR) is 62.5 cm³/mol. The summed E-state index contributed by atoms with van der Waals surface area (Å²) in [5.41, 5.74) is 0.00310. The molecule has 0 aromatic heterocycles. The summed E-state index contributed by atoms with van der Waals surface area (Å²) in [5.74, 6) is -1.18. The number of aliphatic carboxylic acids is 1. The molecule has 0 aromatic carbocycles. The summed E-state index contributed by atoms with van der Waals surface area (Å²) in [6, 6.07) is 1.59. The van der Waals surface area contributed by atoms with E-state index in [0.717, 1.165) is 12.8 Å². The molecule has 1 atom stereocenters. The van der Waals surface area contributed by atoms with Crippen molar-refractivity contribution in [2.75, 3.05) is 19.6 Å². The maximum atomic E-state index is 11.7. The van der Waals surface area contributed by atoms with Gasteiger partial charge >= 0.3 is 5.97 Å². The molecular formula is C12H17N3O3. The molecule has 1 amide bonds. The maximum absolute atomic E-state index is 11.7. The highest BCUT2D eigenvalue weighted by Gasteiger charge is 2.46. The number of carbonyl (C=O) groups is 2. The number of hydrogen-bond donors (Lipinski definition) is 2. The van der Waals surface area contributed by atoms with Crippen LogP contribution in [0.1, 0.15) is 25.7 Å². The molecule has 1 aliphatic heterocycles. The lowest BCUT2D eigenvalue weighted by atomic mass is 9.99. The average Bonchev–Trinajstić information content (AvgIpc) is 3.03. The van der Waals surface area contributed by atoms with Crippen LogP contribution in [0.15, 0.2) is 0 Å². The van der Waals surface area contributed by atoms with Gasteiger partial charge in [-0.05, 0) is 18.3 Å². The summed E-state index contributed by atoms with van der Waals surface area (Å²) in [6.45, 7) is 1.88. The standard InChI is InChI=1S/C12H17N3O3/c13-4-3-12(1-2-12)8-15-6-5-14-11(18)9(15)7-10(16)17/h9H,1-3,5-8H2,(H,14,18)(H,16,17). The Hall–Kier alpha value is -1.61. The van der Waals surface area contributed by atoms with Crippen molar-refractivity contribution >= 4 is 11.9 Å². The van der Waals surface area contributed by atoms with Crippen LogP contribution in [-0.2, 0) is 9.59 Å². The van der Waals surface area contributed by atoms with Crippen molar-refractivity contribution in [3.05, 3.63) is 0 Å². The predicted octanol–water partition coefficient (Wildman–Crippen LogP) is -0.0446. The summed E-state index contributed by atoms with van der Waals surface area (Å²) in [4.78, 5) is 24.5. The normalized spacial score (nSPS) is 26.2. The van der Waals surface area contributed by atoms with E-state index >= 15 is 0 Å². The zero-order chi connectivity index (χ0) is 13.2. The number of nitrogens with one attached hydrogen (secondary N) is 1. The zero-order valence-corrected chi connectivity index (χ0v) is 10.2. The third-order valence-corrected chi connectivity index (χ3v) is 3.76. The van der Waals surface area contributed by atoms with Crippen molar-refractivity contribution in [3.8, 4) is 6.07 Å². The van der Waals surface area contributed by atoms with E-state index in [2.05, 4.69) is 11.4 Å². The molecule has 98 valence electrons. The van der Waals surface area contributed by atoms with E-state index in [-0.39, 0.29) is 17.7 Å². The Morgan fingerprint density at radius 3 is 2.89 bits per heavy atom. The van der Waals surface area contributed by atoms with E-state index in [9.17, 15) is 9.59 Å². The minimum Gasteiger partial charge on any atom is -0.481 e. The van der Waals surface area contributed by atoms with Crippen LogP contribution in [-0.4, -0.2) is 47.6 Å². The van der Waals surface area contributed by atoms with Crippen molar-refractivity contribution < 1.29 is 14.7 Å². The molecule has 18 heavy (non-hydrogen) atoms. The van der Waals surface area contributed by atoms with Gasteiger partial charge in [-0.3, -0.25) is 14.5 Å². The van der Waals surface area contributed by atoms with E-state index in [1.54, 1.807) is 0 Å². The third-order valence-electron chi connectivity index (χ3n) is 3.76. The first-order valence-corrected chi connectivity index (χ1v) is 6.17. The number of piperazine rings is 1. The second kappa shape index (κ2) is 4.94. The highest BCUT2D eigenvalue weighted by Crippen LogP contribution is 2.49. The summed E-state index contributed by atoms with van der Waals surface area (Å²) < 4.78 is 0. The fraction of sp³-hybridized carbons (Fsp3) is 0.750. The topological polar surface area (TPSA) is 93.4 Å². The second-order valence-electron chi connectivity index (χ2n) is 5.21. The molecule has 1 saturated heterocycles. The van der Waals surface area contributed by atoms with Crippen LogP contribution in [0.5, 0.6) is 0 Å². The number of amides is 1. The SMILES string of the molecule is N#CCC1(CN2CCNC(=O)C2CC(=O)O)CC1. The smallest absolute Gasteiger partial charge is 0.305 e. The largest absolute Gasteiger partial charge is 0.481 e. The summed E-state index contributed by atoms with van der Waals surface area (Å²) in [7, 11) is 0. The Balaban J connectivity index is 2.02. The molecule has 2 fully saturated rings. The van der Waals surface area contributed by atoms with Crippen LogP contribution in [0.2, 0.25) is 0 Å². The second-order valence-corrected chi connectivity index (χ2v) is 5.21. The van der Waals surface area contributed by atoms with Gasteiger partial charge in [0.25, 0.3) is 0 Å². The van der Waals surface area contributed by atoms with Crippen LogP contribution in [0.4, 0.5) is 0 Å². The van der Waals surface area contributed by atoms with Gasteiger partial charge in [-0.15, -0.1) is 0 Å². The molecule has 2 rings (SSSR count). The van der Waals surface area contributed by atoms with Gasteiger partial charge < -0.3 is 10.4 Å². The van der Waals surface area contributed by atoms with Crippen LogP contribution >= 0.6 is 0 Å². The van der Waals surface area contributed by atoms with Gasteiger partial charge in [-0.1, -0.05) is 0 Å². The molecule has 1 heterocycles. The van der Waals surface area contributed by atoms with Crippen LogP contribution < -0.4 is 5.32 Å². The number of nitrogens with zero attached hydrogens (tertiary/aromatic N) is 2. The summed E-state index contributed by atoms with van der Waals surface area (Å²) in [5, 5.41) is 20.3. The van der Waals surface area contributed by atoms with Gasteiger partial charge in [0.05, 0.1) is 18.5 Å². The van der Waals surface area contributed by atoms with Gasteiger partial charge in [-0.2, -0.15) is 5.26 Å². The molecule has 6 nitrogen and oxygen atoms in total. The van der Waals surface area contributed by atoms with Crippen molar-refractivity contribution in [1.82, 2.24) is 10.2 Å². The van der Waals surface area contributed by atoms with Crippen LogP contribution in [0.3, 0.4) is 0 Å². The first kappa shape index (κ1) is 12.8. The van der Waals surface area contributed by atoms with E-state index in [1.165, 1.54) is 0 Å². The number of rotatable bonds is 5. The Bertz CT molecular complexity index is 398. The van der Waals surface area contributed by atoms with Crippen molar-refractivity contribution in [3.63, 3.8) is 0 Å². The van der Waals surface area contributed by atoms with Gasteiger partial charge in [0.1, 0.15) is 0 Å². The Labute approximate surface area is 106 Å². The van der Waals surface area contributed by atoms with E-state index in [4.69, 9.17) is 10.4 Å². The van der Waals surface area contributed by atoms with E-state index in [0.29, 0.717) is 26.1 Å². The molecule has 2 N–H and O–H groups in total. The molecule has 2 aliphatic rings. The monoisotopic (exact) mass is 251 g/mol. The fourth-order valence-electron chi connectivity index (χ4n) is 2.50. The van der Waals surface area contributed by atoms with E-state index < -0.39 is 12.0 Å². The minimum absolute atomic E-state index is 0.00310. The lowest BCUT2D eigenvalue weighted by Crippen LogP contribution is -2.57. The van der Waals surface area contributed by atoms with Crippen LogP contribution in [0.25, 0.3) is 0 Å². The minimum atomic E-state index is -0.966. The lowest BCUT2D eigenvalue weighted by molar-refractivity contribution is -0.143. The number of carbonyl (C=O) groups excluding carboxylic acids is 1. The molecule has 0 aromatic rings. The highest BCUT2D eigenvalue weighted by atomic mass is 16.4. The number of nitriles is 1. The molecule has 1 saturated carbocycles. The van der Waals surface area contributed by atoms with Crippen molar-refractivity contribution in [1.29, 1.82) is 5.26 Å². The van der Waals surface area contributed by atoms with Crippen molar-refractivity contribution in [2.24, 2.45) is 5.41 Å². The maximum Gasteiger partial charge on any atom is 0.305 e. The quantitative estimate of drug-likeness (QED) is 0.715. The average molecular weight is 251 g/mol. The molecule has 1 unspecified atom stereocenters. The Morgan fingerprint density at radius 2 is 2.33 bits per heavy atom. The molecular weight excluding hydrogens is 234 g/mol. The van der Waals surface area contributed by atoms with Gasteiger partial charge in [-0.25, -0.2) is 0 Å². The fourth-order valence-corrected chi connectivity index (χ4v) is 2.50. The number of hydrogen-bond acceptors (Lipinski definition) is 4. The Kier molecular flexibility index (Phi) is 3.53. The summed E-state index contributed by atoms with van der Waals surface area (Å²) >= 11 is 0. The number of carboxylic acids is 1. The van der Waals surface area contributed by atoms with Crippen molar-refractivity contribution in [2.45, 2.75) is 31.7 Å². The molecule has 0 radical (unpaired) electrons. The van der Waals surface area contributed by atoms with Gasteiger partial charge in [0.15, 0.2) is 0 Å². The van der Waals surface area contributed by atoms with Gasteiger partial charge in [0, 0.05) is 26.1 Å². The van der Waals surface area contributed by atoms with Crippen LogP contribution in [0, 0.1) is 16.7 Å².